The average Bonchev–Trinajstić information content (AvgIpc) is 3.28. The molecule has 6 nitrogen and oxygen atoms in total. The summed E-state index contributed by atoms with van der Waals surface area (Å²) in [6, 6.07) is 19.0. The first kappa shape index (κ1) is 24.5. The first-order valence-electron chi connectivity index (χ1n) is 12.3. The van der Waals surface area contributed by atoms with Gasteiger partial charge in [-0.3, -0.25) is 9.59 Å². The van der Waals surface area contributed by atoms with Gasteiger partial charge in [0.25, 0.3) is 5.91 Å². The molecule has 0 unspecified atom stereocenters. The van der Waals surface area contributed by atoms with Crippen molar-refractivity contribution in [3.63, 3.8) is 0 Å². The fourth-order valence-corrected chi connectivity index (χ4v) is 6.25. The van der Waals surface area contributed by atoms with Gasteiger partial charge in [0.05, 0.1) is 12.1 Å². The third-order valence-corrected chi connectivity index (χ3v) is 8.42. The van der Waals surface area contributed by atoms with Gasteiger partial charge in [0, 0.05) is 35.2 Å². The molecule has 4 aromatic rings. The molecule has 3 aromatic carbocycles. The number of ether oxygens (including phenoxy) is 3. The van der Waals surface area contributed by atoms with Crippen LogP contribution >= 0.6 is 22.9 Å². The Balaban J connectivity index is 1.36. The molecular weight excluding hydrogens is 522 g/mol. The summed E-state index contributed by atoms with van der Waals surface area (Å²) >= 11 is 8.05. The van der Waals surface area contributed by atoms with Crippen molar-refractivity contribution < 1.29 is 23.8 Å². The van der Waals surface area contributed by atoms with Crippen LogP contribution in [0.3, 0.4) is 0 Å². The van der Waals surface area contributed by atoms with Gasteiger partial charge in [0.15, 0.2) is 17.3 Å². The third-order valence-electron chi connectivity index (χ3n) is 6.75. The van der Waals surface area contributed by atoms with E-state index in [-0.39, 0.29) is 24.7 Å². The molecule has 38 heavy (non-hydrogen) atoms. The Bertz CT molecular complexity index is 1590. The lowest BCUT2D eigenvalue weighted by Gasteiger charge is -2.26. The molecule has 6 rings (SSSR count). The first-order chi connectivity index (χ1) is 18.5. The summed E-state index contributed by atoms with van der Waals surface area (Å²) in [7, 11) is 1.61. The lowest BCUT2D eigenvalue weighted by atomic mass is 9.90. The Labute approximate surface area is 229 Å². The number of carbonyl (C=O) groups excluding carboxylic acids is 2. The number of methoxy groups -OCH3 is 1. The van der Waals surface area contributed by atoms with Gasteiger partial charge in [0.2, 0.25) is 0 Å². The maximum absolute atomic E-state index is 13.9. The number of nitrogens with zero attached hydrogens (tertiary/aromatic N) is 1. The number of hydrogen-bond acceptors (Lipinski definition) is 6. The van der Waals surface area contributed by atoms with E-state index in [2.05, 4.69) is 0 Å². The fourth-order valence-electron chi connectivity index (χ4n) is 4.77. The molecule has 1 aliphatic carbocycles. The van der Waals surface area contributed by atoms with Crippen LogP contribution in [0.4, 0.5) is 0 Å². The molecule has 192 valence electrons. The van der Waals surface area contributed by atoms with Crippen LogP contribution in [-0.4, -0.2) is 43.5 Å². The lowest BCUT2D eigenvalue weighted by Crippen LogP contribution is -2.34. The van der Waals surface area contributed by atoms with E-state index in [1.807, 2.05) is 66.7 Å². The monoisotopic (exact) mass is 545 g/mol. The highest BCUT2D eigenvalue weighted by Crippen LogP contribution is 2.38. The maximum Gasteiger partial charge on any atom is 0.266 e. The predicted molar refractivity (Wildman–Crippen MR) is 149 cm³/mol. The van der Waals surface area contributed by atoms with E-state index in [1.165, 1.54) is 11.3 Å². The van der Waals surface area contributed by atoms with Crippen LogP contribution in [0.5, 0.6) is 17.2 Å². The van der Waals surface area contributed by atoms with Crippen molar-refractivity contribution in [1.82, 2.24) is 4.90 Å². The summed E-state index contributed by atoms with van der Waals surface area (Å²) in [5.74, 6) is 1.83. The largest absolute Gasteiger partial charge is 0.497 e. The van der Waals surface area contributed by atoms with Gasteiger partial charge in [-0.15, -0.1) is 11.3 Å². The summed E-state index contributed by atoms with van der Waals surface area (Å²) in [6.45, 7) is 1.44. The van der Waals surface area contributed by atoms with E-state index in [1.54, 1.807) is 12.0 Å². The number of hydrogen-bond donors (Lipinski definition) is 0. The molecule has 1 amide bonds. The van der Waals surface area contributed by atoms with Crippen molar-refractivity contribution >= 4 is 50.8 Å². The summed E-state index contributed by atoms with van der Waals surface area (Å²) < 4.78 is 17.6. The van der Waals surface area contributed by atoms with E-state index in [0.29, 0.717) is 46.7 Å². The zero-order valence-corrected chi connectivity index (χ0v) is 22.2. The number of halogens is 1. The van der Waals surface area contributed by atoms with E-state index in [0.717, 1.165) is 32.5 Å². The zero-order chi connectivity index (χ0) is 26.2. The second-order valence-electron chi connectivity index (χ2n) is 9.21. The number of benzene rings is 3. The summed E-state index contributed by atoms with van der Waals surface area (Å²) in [6.07, 6.45) is 2.10. The Hall–Kier alpha value is -3.81. The summed E-state index contributed by atoms with van der Waals surface area (Å²) in [5, 5.41) is 1.29. The lowest BCUT2D eigenvalue weighted by molar-refractivity contribution is -0.115. The van der Waals surface area contributed by atoms with E-state index >= 15 is 0 Å². The molecule has 1 aliphatic heterocycles. The summed E-state index contributed by atoms with van der Waals surface area (Å²) in [5.41, 5.74) is 3.28. The quantitative estimate of drug-likeness (QED) is 0.289. The first-order valence-corrected chi connectivity index (χ1v) is 13.4. The zero-order valence-electron chi connectivity index (χ0n) is 20.7. The predicted octanol–water partition coefficient (Wildman–Crippen LogP) is 6.19. The smallest absolute Gasteiger partial charge is 0.266 e. The molecular formula is C30H24ClNO5S. The van der Waals surface area contributed by atoms with Gasteiger partial charge >= 0.3 is 0 Å². The van der Waals surface area contributed by atoms with Crippen LogP contribution in [0.15, 0.2) is 66.2 Å². The number of fused-ring (bicyclic) bond motifs is 3. The van der Waals surface area contributed by atoms with Gasteiger partial charge in [0.1, 0.15) is 23.8 Å². The van der Waals surface area contributed by atoms with Gasteiger partial charge in [-0.1, -0.05) is 41.9 Å². The topological polar surface area (TPSA) is 65.1 Å². The minimum Gasteiger partial charge on any atom is -0.497 e. The molecule has 0 N–H and O–H groups in total. The molecule has 0 bridgehead atoms. The minimum atomic E-state index is -0.214. The summed E-state index contributed by atoms with van der Waals surface area (Å²) in [4.78, 5) is 29.3. The van der Waals surface area contributed by atoms with E-state index in [9.17, 15) is 9.59 Å². The molecule has 2 heterocycles. The Morgan fingerprint density at radius 1 is 1.03 bits per heavy atom. The average molecular weight is 546 g/mol. The van der Waals surface area contributed by atoms with Crippen molar-refractivity contribution in [3.05, 3.63) is 92.8 Å². The Kier molecular flexibility index (Phi) is 6.55. The fraction of sp³-hybridized carbons (Fsp3) is 0.200. The second kappa shape index (κ2) is 10.2. The molecule has 0 atom stereocenters. The highest BCUT2D eigenvalue weighted by Gasteiger charge is 2.28. The molecule has 0 fully saturated rings. The number of carbonyl (C=O) groups is 2. The van der Waals surface area contributed by atoms with Crippen molar-refractivity contribution in [2.24, 2.45) is 0 Å². The minimum absolute atomic E-state index is 0.0239. The van der Waals surface area contributed by atoms with Gasteiger partial charge < -0.3 is 19.1 Å². The highest BCUT2D eigenvalue weighted by atomic mass is 35.5. The third kappa shape index (κ3) is 4.64. The maximum atomic E-state index is 13.9. The van der Waals surface area contributed by atoms with Gasteiger partial charge in [-0.2, -0.15) is 0 Å². The Morgan fingerprint density at radius 2 is 1.76 bits per heavy atom. The standard InChI is InChI=1S/C30H24ClNO5S/c1-35-22-8-6-18(7-9-22)16-32(30(34)29-28(31)23-4-2-3-5-27(23)38-29)17-21-12-19-14-25-26(37-11-10-36-25)15-20(19)13-24(21)33/h2-9,12,14-15H,10-11,13,16-17H2,1H3. The molecule has 2 aliphatic rings. The van der Waals surface area contributed by atoms with Crippen molar-refractivity contribution in [3.8, 4) is 17.2 Å². The van der Waals surface area contributed by atoms with Crippen molar-refractivity contribution in [2.45, 2.75) is 13.0 Å². The van der Waals surface area contributed by atoms with E-state index < -0.39 is 0 Å². The van der Waals surface area contributed by atoms with E-state index in [4.69, 9.17) is 25.8 Å². The molecule has 0 saturated carbocycles. The SMILES string of the molecule is COc1ccc(CN(CC2=Cc3cc4c(cc3CC2=O)OCCO4)C(=O)c2sc3ccccc3c2Cl)cc1. The second-order valence-corrected chi connectivity index (χ2v) is 10.6. The number of amides is 1. The number of rotatable bonds is 6. The number of thiophene rings is 1. The molecule has 0 saturated heterocycles. The van der Waals surface area contributed by atoms with Crippen LogP contribution in [-0.2, 0) is 17.8 Å². The number of Topliss-reactive ketones (excluding diaryl/α,β-unsaturated/α-hetero) is 1. The van der Waals surface area contributed by atoms with Crippen LogP contribution in [0.1, 0.15) is 26.4 Å². The van der Waals surface area contributed by atoms with Gasteiger partial charge in [-0.25, -0.2) is 0 Å². The normalized spacial score (nSPS) is 14.2. The molecule has 0 spiro atoms. The van der Waals surface area contributed by atoms with Crippen LogP contribution in [0.25, 0.3) is 16.2 Å². The highest BCUT2D eigenvalue weighted by molar-refractivity contribution is 7.21. The molecule has 1 aromatic heterocycles. The number of ketones is 1. The van der Waals surface area contributed by atoms with Crippen LogP contribution in [0, 0.1) is 0 Å². The van der Waals surface area contributed by atoms with Crippen LogP contribution in [0.2, 0.25) is 5.02 Å². The van der Waals surface area contributed by atoms with Crippen molar-refractivity contribution in [2.75, 3.05) is 26.9 Å². The molecule has 0 radical (unpaired) electrons. The van der Waals surface area contributed by atoms with Gasteiger partial charge in [-0.05, 0) is 53.1 Å². The Morgan fingerprint density at radius 3 is 2.50 bits per heavy atom. The van der Waals surface area contributed by atoms with Crippen molar-refractivity contribution in [1.29, 1.82) is 0 Å². The molecule has 8 heteroatoms. The van der Waals surface area contributed by atoms with Crippen LogP contribution < -0.4 is 14.2 Å².